The first-order chi connectivity index (χ1) is 14.0. The number of fused-ring (bicyclic) bond motifs is 1. The first kappa shape index (κ1) is 23.2. The third-order valence-corrected chi connectivity index (χ3v) is 7.05. The predicted octanol–water partition coefficient (Wildman–Crippen LogP) is 5.08. The molecule has 30 heavy (non-hydrogen) atoms. The van der Waals surface area contributed by atoms with Crippen LogP contribution in [0.1, 0.15) is 21.5 Å². The quantitative estimate of drug-likeness (QED) is 0.480. The largest absolute Gasteiger partial charge is 0.379 e. The van der Waals surface area contributed by atoms with Crippen LogP contribution in [-0.2, 0) is 4.74 Å². The van der Waals surface area contributed by atoms with Gasteiger partial charge in [0.25, 0.3) is 5.91 Å². The molecular formula is C22H25BrClN3O2S. The summed E-state index contributed by atoms with van der Waals surface area (Å²) in [5.41, 5.74) is 3.99. The molecule has 4 rings (SSSR count). The summed E-state index contributed by atoms with van der Waals surface area (Å²) in [4.78, 5) is 22.5. The zero-order valence-electron chi connectivity index (χ0n) is 17.1. The SMILES string of the molecule is Cc1cc(C)c2sc(N(CCN3CCOCC3)C(=O)c3ccccc3Br)nc2c1.Cl. The van der Waals surface area contributed by atoms with Crippen molar-refractivity contribution in [2.45, 2.75) is 13.8 Å². The van der Waals surface area contributed by atoms with E-state index in [-0.39, 0.29) is 18.3 Å². The van der Waals surface area contributed by atoms with Crippen molar-refractivity contribution in [2.24, 2.45) is 0 Å². The number of benzene rings is 2. The van der Waals surface area contributed by atoms with Crippen molar-refractivity contribution in [2.75, 3.05) is 44.3 Å². The van der Waals surface area contributed by atoms with E-state index in [2.05, 4.69) is 46.8 Å². The highest BCUT2D eigenvalue weighted by molar-refractivity contribution is 9.10. The average molecular weight is 511 g/mol. The van der Waals surface area contributed by atoms with Gasteiger partial charge >= 0.3 is 0 Å². The van der Waals surface area contributed by atoms with Gasteiger partial charge in [0, 0.05) is 30.7 Å². The molecule has 8 heteroatoms. The summed E-state index contributed by atoms with van der Waals surface area (Å²) in [6, 6.07) is 11.8. The zero-order valence-corrected chi connectivity index (χ0v) is 20.3. The fourth-order valence-electron chi connectivity index (χ4n) is 3.61. The van der Waals surface area contributed by atoms with E-state index in [4.69, 9.17) is 9.72 Å². The number of thiazole rings is 1. The normalized spacial score (nSPS) is 14.5. The van der Waals surface area contributed by atoms with Gasteiger partial charge in [-0.15, -0.1) is 12.4 Å². The van der Waals surface area contributed by atoms with Crippen LogP contribution in [0.15, 0.2) is 40.9 Å². The van der Waals surface area contributed by atoms with Crippen LogP contribution >= 0.6 is 39.7 Å². The van der Waals surface area contributed by atoms with E-state index < -0.39 is 0 Å². The van der Waals surface area contributed by atoms with E-state index >= 15 is 0 Å². The monoisotopic (exact) mass is 509 g/mol. The molecule has 1 aliphatic heterocycles. The number of morpholine rings is 1. The zero-order chi connectivity index (χ0) is 20.4. The fraction of sp³-hybridized carbons (Fsp3) is 0.364. The number of anilines is 1. The van der Waals surface area contributed by atoms with E-state index in [0.717, 1.165) is 52.7 Å². The van der Waals surface area contributed by atoms with Crippen LogP contribution in [0.3, 0.4) is 0 Å². The van der Waals surface area contributed by atoms with Crippen LogP contribution in [0, 0.1) is 13.8 Å². The molecule has 3 aromatic rings. The number of nitrogens with zero attached hydrogens (tertiary/aromatic N) is 3. The summed E-state index contributed by atoms with van der Waals surface area (Å²) in [5.74, 6) is -0.0286. The summed E-state index contributed by atoms with van der Waals surface area (Å²) in [6.07, 6.45) is 0. The van der Waals surface area contributed by atoms with Gasteiger partial charge in [0.2, 0.25) is 0 Å². The Bertz CT molecular complexity index is 1040. The molecule has 5 nitrogen and oxygen atoms in total. The van der Waals surface area contributed by atoms with Crippen LogP contribution in [0.5, 0.6) is 0 Å². The summed E-state index contributed by atoms with van der Waals surface area (Å²) in [5, 5.41) is 0.753. The fourth-order valence-corrected chi connectivity index (χ4v) is 5.11. The highest BCUT2D eigenvalue weighted by Crippen LogP contribution is 2.33. The standard InChI is InChI=1S/C22H24BrN3O2S.ClH/c1-15-13-16(2)20-19(14-15)24-22(29-20)26(8-7-25-9-11-28-12-10-25)21(27)17-5-3-4-6-18(17)23;/h3-6,13-14H,7-12H2,1-2H3;1H. The molecule has 0 spiro atoms. The second kappa shape index (κ2) is 10.2. The molecule has 1 saturated heterocycles. The number of rotatable bonds is 5. The first-order valence-electron chi connectivity index (χ1n) is 9.77. The molecule has 0 aliphatic carbocycles. The van der Waals surface area contributed by atoms with Gasteiger partial charge in [-0.3, -0.25) is 14.6 Å². The Morgan fingerprint density at radius 2 is 1.97 bits per heavy atom. The minimum absolute atomic E-state index is 0. The molecule has 2 aromatic carbocycles. The van der Waals surface area contributed by atoms with Gasteiger partial charge in [0.15, 0.2) is 5.13 Å². The van der Waals surface area contributed by atoms with Crippen molar-refractivity contribution >= 4 is 60.9 Å². The molecule has 1 aromatic heterocycles. The summed E-state index contributed by atoms with van der Waals surface area (Å²) in [6.45, 7) is 8.87. The Balaban J connectivity index is 0.00000256. The second-order valence-corrected chi connectivity index (χ2v) is 9.15. The number of ether oxygens (including phenoxy) is 1. The molecule has 1 fully saturated rings. The van der Waals surface area contributed by atoms with Crippen molar-refractivity contribution < 1.29 is 9.53 Å². The number of carbonyl (C=O) groups excluding carboxylic acids is 1. The topological polar surface area (TPSA) is 45.7 Å². The number of aromatic nitrogens is 1. The molecule has 0 N–H and O–H groups in total. The lowest BCUT2D eigenvalue weighted by atomic mass is 10.1. The van der Waals surface area contributed by atoms with Gasteiger partial charge < -0.3 is 4.74 Å². The number of aryl methyl sites for hydroxylation is 2. The lowest BCUT2D eigenvalue weighted by molar-refractivity contribution is 0.0391. The smallest absolute Gasteiger partial charge is 0.261 e. The predicted molar refractivity (Wildman–Crippen MR) is 129 cm³/mol. The lowest BCUT2D eigenvalue weighted by Gasteiger charge is -2.29. The van der Waals surface area contributed by atoms with Crippen LogP contribution in [0.4, 0.5) is 5.13 Å². The number of amides is 1. The average Bonchev–Trinajstić information content (AvgIpc) is 3.13. The Morgan fingerprint density at radius 1 is 1.23 bits per heavy atom. The molecule has 0 radical (unpaired) electrons. The Morgan fingerprint density at radius 3 is 2.70 bits per heavy atom. The van der Waals surface area contributed by atoms with Gasteiger partial charge in [-0.05, 0) is 59.1 Å². The van der Waals surface area contributed by atoms with E-state index in [1.165, 1.54) is 11.1 Å². The van der Waals surface area contributed by atoms with E-state index in [1.807, 2.05) is 29.2 Å². The number of hydrogen-bond acceptors (Lipinski definition) is 5. The molecule has 0 atom stereocenters. The number of halogens is 2. The maximum absolute atomic E-state index is 13.5. The van der Waals surface area contributed by atoms with Gasteiger partial charge in [-0.2, -0.15) is 0 Å². The van der Waals surface area contributed by atoms with Crippen molar-refractivity contribution in [1.82, 2.24) is 9.88 Å². The Kier molecular flexibility index (Phi) is 7.87. The highest BCUT2D eigenvalue weighted by Gasteiger charge is 2.24. The van der Waals surface area contributed by atoms with Crippen molar-refractivity contribution in [3.8, 4) is 0 Å². The van der Waals surface area contributed by atoms with Gasteiger partial charge in [0.05, 0.1) is 29.0 Å². The maximum Gasteiger partial charge on any atom is 0.261 e. The minimum Gasteiger partial charge on any atom is -0.379 e. The van der Waals surface area contributed by atoms with Gasteiger partial charge in [0.1, 0.15) is 0 Å². The van der Waals surface area contributed by atoms with E-state index in [9.17, 15) is 4.79 Å². The Hall–Kier alpha value is -1.51. The number of carbonyl (C=O) groups is 1. The molecule has 1 aliphatic rings. The minimum atomic E-state index is -0.0286. The van der Waals surface area contributed by atoms with Gasteiger partial charge in [-0.25, -0.2) is 4.98 Å². The third kappa shape index (κ3) is 5.03. The molecule has 0 unspecified atom stereocenters. The lowest BCUT2D eigenvalue weighted by Crippen LogP contribution is -2.43. The van der Waals surface area contributed by atoms with Crippen LogP contribution < -0.4 is 4.90 Å². The number of hydrogen-bond donors (Lipinski definition) is 0. The van der Waals surface area contributed by atoms with Crippen molar-refractivity contribution in [1.29, 1.82) is 0 Å². The third-order valence-electron chi connectivity index (χ3n) is 5.13. The van der Waals surface area contributed by atoms with Crippen LogP contribution in [0.25, 0.3) is 10.2 Å². The summed E-state index contributed by atoms with van der Waals surface area (Å²) < 4.78 is 7.39. The molecule has 1 amide bonds. The van der Waals surface area contributed by atoms with Crippen molar-refractivity contribution in [3.63, 3.8) is 0 Å². The summed E-state index contributed by atoms with van der Waals surface area (Å²) in [7, 11) is 0. The van der Waals surface area contributed by atoms with E-state index in [0.29, 0.717) is 12.1 Å². The maximum atomic E-state index is 13.5. The Labute approximate surface area is 195 Å². The molecule has 0 bridgehead atoms. The first-order valence-corrected chi connectivity index (χ1v) is 11.4. The van der Waals surface area contributed by atoms with E-state index in [1.54, 1.807) is 11.3 Å². The molecule has 2 heterocycles. The molecular weight excluding hydrogens is 486 g/mol. The van der Waals surface area contributed by atoms with Gasteiger partial charge in [-0.1, -0.05) is 29.5 Å². The van der Waals surface area contributed by atoms with Crippen molar-refractivity contribution in [3.05, 3.63) is 57.6 Å². The van der Waals surface area contributed by atoms with Crippen LogP contribution in [-0.4, -0.2) is 55.2 Å². The molecule has 0 saturated carbocycles. The van der Waals surface area contributed by atoms with Crippen LogP contribution in [0.2, 0.25) is 0 Å². The highest BCUT2D eigenvalue weighted by atomic mass is 79.9. The second-order valence-electron chi connectivity index (χ2n) is 7.32. The summed E-state index contributed by atoms with van der Waals surface area (Å²) >= 11 is 5.12. The molecule has 160 valence electrons.